The molecule has 3 heterocycles. The van der Waals surface area contributed by atoms with Crippen LogP contribution < -0.4 is 19.7 Å². The molecule has 3 N–H and O–H groups in total. The Hall–Kier alpha value is -5.90. The molecule has 0 bridgehead atoms. The molecular weight excluding hydrogens is 830 g/mol. The van der Waals surface area contributed by atoms with E-state index in [1.54, 1.807) is 36.2 Å². The number of rotatable bonds is 12. The number of piperazine rings is 1. The highest BCUT2D eigenvalue weighted by atomic mass is 35.5. The number of sulfonamides is 1. The first-order valence-electron chi connectivity index (χ1n) is 20.8. The maximum atomic E-state index is 13.9. The maximum Gasteiger partial charge on any atom is 0.293 e. The number of carbonyl (C=O) groups excluding carboxylic acids is 2. The van der Waals surface area contributed by atoms with Crippen molar-refractivity contribution in [3.8, 4) is 11.5 Å². The molecular formula is C46H50ClN7O7S. The number of nitro groups is 1. The zero-order chi connectivity index (χ0) is 43.8. The molecule has 0 saturated carbocycles. The van der Waals surface area contributed by atoms with Gasteiger partial charge in [0.25, 0.3) is 21.6 Å². The van der Waals surface area contributed by atoms with Crippen LogP contribution in [-0.4, -0.2) is 92.3 Å². The van der Waals surface area contributed by atoms with Crippen LogP contribution in [0.4, 0.5) is 17.1 Å². The molecule has 4 aromatic carbocycles. The van der Waals surface area contributed by atoms with Crippen molar-refractivity contribution in [1.82, 2.24) is 19.5 Å². The Balaban J connectivity index is 1.01. The Kier molecular flexibility index (Phi) is 12.0. The summed E-state index contributed by atoms with van der Waals surface area (Å²) in [4.78, 5) is 46.3. The SMILES string of the molecule is CN1CC(Nc2ccc(S(=O)(=O)NC(=O)c3ccc(N4CCN(CC5=C(c6ccc(Cl)cc6)CC(C)(C)CC5)CC4)cc3Oc3ccc4[nH]ccc4c3)cc2[N+](=O)[O-])CCC1=O. The van der Waals surface area contributed by atoms with Crippen LogP contribution in [0.3, 0.4) is 0 Å². The topological polar surface area (TPSA) is 170 Å². The van der Waals surface area contributed by atoms with Crippen LogP contribution in [0.1, 0.15) is 61.9 Å². The Morgan fingerprint density at radius 1 is 0.984 bits per heavy atom. The Morgan fingerprint density at radius 3 is 2.50 bits per heavy atom. The van der Waals surface area contributed by atoms with Crippen molar-refractivity contribution in [3.05, 3.63) is 123 Å². The van der Waals surface area contributed by atoms with Gasteiger partial charge >= 0.3 is 0 Å². The number of nitro benzene ring substituents is 1. The largest absolute Gasteiger partial charge is 0.456 e. The first-order chi connectivity index (χ1) is 29.6. The standard InChI is InChI=1S/C46H50ClN7O7S/c1-46(2)18-16-32(39(27-46)30-4-6-33(47)7-5-30)28-52-20-22-53(23-21-52)35-9-12-38(43(25-35)61-36-10-13-40-31(24-36)17-19-48-40)45(56)50-62(59,60)37-11-14-41(42(26-37)54(57)58)49-34-8-15-44(55)51(3)29-34/h4-7,9-14,17,19,24-26,34,48-49H,8,15-16,18,20-23,27-29H2,1-3H3,(H,50,56). The van der Waals surface area contributed by atoms with Gasteiger partial charge in [-0.05, 0) is 103 Å². The quantitative estimate of drug-likeness (QED) is 0.0816. The van der Waals surface area contributed by atoms with Crippen molar-refractivity contribution in [1.29, 1.82) is 0 Å². The molecule has 5 aromatic rings. The Labute approximate surface area is 366 Å². The molecule has 14 nitrogen and oxygen atoms in total. The van der Waals surface area contributed by atoms with E-state index in [-0.39, 0.29) is 40.8 Å². The van der Waals surface area contributed by atoms with Gasteiger partial charge in [0.2, 0.25) is 5.91 Å². The van der Waals surface area contributed by atoms with Gasteiger partial charge in [0.05, 0.1) is 15.4 Å². The van der Waals surface area contributed by atoms with Gasteiger partial charge in [0.15, 0.2) is 0 Å². The number of halogens is 1. The first kappa shape index (κ1) is 42.8. The molecule has 2 fully saturated rings. The van der Waals surface area contributed by atoms with Crippen LogP contribution in [0.15, 0.2) is 102 Å². The van der Waals surface area contributed by atoms with Crippen molar-refractivity contribution in [3.63, 3.8) is 0 Å². The molecule has 1 unspecified atom stereocenters. The number of likely N-dealkylation sites (N-methyl/N-ethyl adjacent to an activating group) is 1. The molecule has 2 saturated heterocycles. The van der Waals surface area contributed by atoms with Crippen LogP contribution in [-0.2, 0) is 14.8 Å². The average molecular weight is 880 g/mol. The smallest absolute Gasteiger partial charge is 0.293 e. The van der Waals surface area contributed by atoms with Gasteiger partial charge in [0.1, 0.15) is 17.2 Å². The molecule has 0 spiro atoms. The lowest BCUT2D eigenvalue weighted by Crippen LogP contribution is -2.47. The van der Waals surface area contributed by atoms with E-state index in [0.717, 1.165) is 79.7 Å². The van der Waals surface area contributed by atoms with E-state index in [2.05, 4.69) is 50.8 Å². The summed E-state index contributed by atoms with van der Waals surface area (Å²) in [5, 5.41) is 16.8. The van der Waals surface area contributed by atoms with Crippen LogP contribution in [0.25, 0.3) is 16.5 Å². The fourth-order valence-corrected chi connectivity index (χ4v) is 9.75. The molecule has 2 amide bonds. The summed E-state index contributed by atoms with van der Waals surface area (Å²) in [5.74, 6) is -0.380. The molecule has 8 rings (SSSR count). The second-order valence-electron chi connectivity index (χ2n) is 17.2. The lowest BCUT2D eigenvalue weighted by Gasteiger charge is -2.39. The number of nitrogens with zero attached hydrogens (tertiary/aromatic N) is 4. The zero-order valence-electron chi connectivity index (χ0n) is 34.9. The number of H-pyrrole nitrogens is 1. The summed E-state index contributed by atoms with van der Waals surface area (Å²) in [6.45, 7) is 8.97. The van der Waals surface area contributed by atoms with Crippen molar-refractivity contribution in [2.75, 3.05) is 56.5 Å². The number of allylic oxidation sites excluding steroid dienone is 1. The lowest BCUT2D eigenvalue weighted by atomic mass is 9.72. The second-order valence-corrected chi connectivity index (χ2v) is 19.3. The van der Waals surface area contributed by atoms with Gasteiger partial charge in [0, 0.05) is 98.7 Å². The van der Waals surface area contributed by atoms with Crippen LogP contribution in [0.5, 0.6) is 11.5 Å². The van der Waals surface area contributed by atoms with Crippen molar-refractivity contribution in [2.45, 2.75) is 56.9 Å². The molecule has 62 heavy (non-hydrogen) atoms. The summed E-state index contributed by atoms with van der Waals surface area (Å²) < 4.78 is 35.9. The molecule has 3 aliphatic rings. The number of ether oxygens (including phenoxy) is 1. The number of amides is 2. The van der Waals surface area contributed by atoms with Crippen molar-refractivity contribution in [2.24, 2.45) is 5.41 Å². The first-order valence-corrected chi connectivity index (χ1v) is 22.7. The van der Waals surface area contributed by atoms with E-state index in [4.69, 9.17) is 16.3 Å². The van der Waals surface area contributed by atoms with Crippen molar-refractivity contribution >= 4 is 67.0 Å². The van der Waals surface area contributed by atoms with Gasteiger partial charge in [-0.25, -0.2) is 13.1 Å². The third-order valence-corrected chi connectivity index (χ3v) is 13.8. The molecule has 1 aromatic heterocycles. The van der Waals surface area contributed by atoms with Crippen molar-refractivity contribution < 1.29 is 27.7 Å². The van der Waals surface area contributed by atoms with E-state index in [9.17, 15) is 28.1 Å². The monoisotopic (exact) mass is 879 g/mol. The number of carbonyl (C=O) groups is 2. The second kappa shape index (κ2) is 17.5. The number of hydrogen-bond donors (Lipinski definition) is 3. The zero-order valence-corrected chi connectivity index (χ0v) is 36.5. The summed E-state index contributed by atoms with van der Waals surface area (Å²) in [6.07, 6.45) is 5.76. The summed E-state index contributed by atoms with van der Waals surface area (Å²) >= 11 is 6.24. The van der Waals surface area contributed by atoms with E-state index >= 15 is 0 Å². The van der Waals surface area contributed by atoms with E-state index in [0.29, 0.717) is 18.7 Å². The Morgan fingerprint density at radius 2 is 1.76 bits per heavy atom. The number of nitrogens with one attached hydrogen (secondary N) is 3. The summed E-state index contributed by atoms with van der Waals surface area (Å²) in [6, 6.07) is 23.8. The number of anilines is 2. The highest BCUT2D eigenvalue weighted by molar-refractivity contribution is 7.90. The Bertz CT molecular complexity index is 2670. The average Bonchev–Trinajstić information content (AvgIpc) is 3.71. The third kappa shape index (κ3) is 9.59. The van der Waals surface area contributed by atoms with Crippen LogP contribution >= 0.6 is 11.6 Å². The summed E-state index contributed by atoms with van der Waals surface area (Å²) in [7, 11) is -2.93. The summed E-state index contributed by atoms with van der Waals surface area (Å²) in [5.41, 5.74) is 5.64. The van der Waals surface area contributed by atoms with E-state index in [1.165, 1.54) is 28.8 Å². The fraction of sp³-hybridized carbons (Fsp3) is 0.348. The van der Waals surface area contributed by atoms with E-state index < -0.39 is 31.4 Å². The molecule has 2 aliphatic heterocycles. The molecule has 16 heteroatoms. The molecule has 0 radical (unpaired) electrons. The van der Waals surface area contributed by atoms with Gasteiger partial charge in [-0.15, -0.1) is 0 Å². The van der Waals surface area contributed by atoms with Crippen LogP contribution in [0.2, 0.25) is 5.02 Å². The highest BCUT2D eigenvalue weighted by Gasteiger charge is 2.31. The highest BCUT2D eigenvalue weighted by Crippen LogP contribution is 2.43. The molecule has 1 aliphatic carbocycles. The molecule has 324 valence electrons. The van der Waals surface area contributed by atoms with Crippen LogP contribution in [0, 0.1) is 15.5 Å². The number of piperidine rings is 1. The predicted octanol–water partition coefficient (Wildman–Crippen LogP) is 8.46. The number of aromatic amines is 1. The third-order valence-electron chi connectivity index (χ3n) is 12.2. The fourth-order valence-electron chi connectivity index (χ4n) is 8.64. The minimum Gasteiger partial charge on any atom is -0.456 e. The number of benzene rings is 4. The molecule has 1 atom stereocenters. The predicted molar refractivity (Wildman–Crippen MR) is 242 cm³/mol. The maximum absolute atomic E-state index is 13.9. The van der Waals surface area contributed by atoms with E-state index in [1.807, 2.05) is 36.5 Å². The number of hydrogen-bond acceptors (Lipinski definition) is 10. The normalized spacial score (nSPS) is 18.5. The minimum absolute atomic E-state index is 0.0183. The lowest BCUT2D eigenvalue weighted by molar-refractivity contribution is -0.384. The number of fused-ring (bicyclic) bond motifs is 1. The van der Waals surface area contributed by atoms with Gasteiger partial charge in [-0.1, -0.05) is 43.2 Å². The van der Waals surface area contributed by atoms with Gasteiger partial charge < -0.3 is 24.8 Å². The minimum atomic E-state index is -4.59. The number of aromatic nitrogens is 1. The van der Waals surface area contributed by atoms with Gasteiger partial charge in [-0.3, -0.25) is 24.6 Å². The number of likely N-dealkylation sites (tertiary alicyclic amines) is 1. The van der Waals surface area contributed by atoms with Gasteiger partial charge in [-0.2, -0.15) is 0 Å².